The van der Waals surface area contributed by atoms with Gasteiger partial charge in [-0.1, -0.05) is 44.2 Å². The number of hydrogen-bond donors (Lipinski definition) is 0. The van der Waals surface area contributed by atoms with Gasteiger partial charge in [0.2, 0.25) is 0 Å². The number of hydrogen-bond acceptors (Lipinski definition) is 5. The molecule has 0 bridgehead atoms. The zero-order chi connectivity index (χ0) is 17.9. The van der Waals surface area contributed by atoms with E-state index in [1.807, 2.05) is 51.1 Å². The number of aromatic nitrogens is 2. The van der Waals surface area contributed by atoms with E-state index in [0.717, 1.165) is 5.56 Å². The van der Waals surface area contributed by atoms with Crippen molar-refractivity contribution in [3.05, 3.63) is 54.1 Å². The molecule has 0 aliphatic rings. The average Bonchev–Trinajstić information content (AvgIpc) is 3.13. The smallest absolute Gasteiger partial charge is 0.356 e. The first-order valence-electron chi connectivity index (χ1n) is 7.94. The van der Waals surface area contributed by atoms with Crippen LogP contribution in [-0.2, 0) is 14.3 Å². The van der Waals surface area contributed by atoms with Crippen molar-refractivity contribution in [1.82, 2.24) is 9.55 Å². The Bertz CT molecular complexity index is 637. The van der Waals surface area contributed by atoms with E-state index in [0.29, 0.717) is 5.69 Å². The Hall–Kier alpha value is -2.63. The van der Waals surface area contributed by atoms with E-state index < -0.39 is 11.9 Å². The van der Waals surface area contributed by atoms with E-state index >= 15 is 0 Å². The predicted octanol–water partition coefficient (Wildman–Crippen LogP) is 3.24. The zero-order valence-electron chi connectivity index (χ0n) is 14.6. The van der Waals surface area contributed by atoms with Gasteiger partial charge in [-0.25, -0.2) is 9.78 Å². The maximum Gasteiger partial charge on any atom is 0.356 e. The molecule has 0 spiro atoms. The molecular weight excluding hydrogens is 308 g/mol. The summed E-state index contributed by atoms with van der Waals surface area (Å²) in [5, 5.41) is 0. The van der Waals surface area contributed by atoms with Gasteiger partial charge in [-0.15, -0.1) is 0 Å². The number of nitrogens with zero attached hydrogens (tertiary/aromatic N) is 2. The maximum absolute atomic E-state index is 12.1. The third-order valence-corrected chi connectivity index (χ3v) is 3.34. The van der Waals surface area contributed by atoms with Crippen molar-refractivity contribution in [3.8, 4) is 0 Å². The van der Waals surface area contributed by atoms with E-state index in [2.05, 4.69) is 9.72 Å². The van der Waals surface area contributed by atoms with Gasteiger partial charge in [0.05, 0.1) is 32.1 Å². The van der Waals surface area contributed by atoms with Crippen LogP contribution in [0.4, 0.5) is 0 Å². The molecule has 0 fully saturated rings. The van der Waals surface area contributed by atoms with Crippen molar-refractivity contribution in [1.29, 1.82) is 0 Å². The third kappa shape index (κ3) is 5.22. The largest absolute Gasteiger partial charge is 0.469 e. The summed E-state index contributed by atoms with van der Waals surface area (Å²) in [6.07, 6.45) is 3.08. The van der Waals surface area contributed by atoms with Gasteiger partial charge in [-0.3, -0.25) is 4.79 Å². The van der Waals surface area contributed by atoms with Crippen molar-refractivity contribution in [2.45, 2.75) is 33.2 Å². The fourth-order valence-electron chi connectivity index (χ4n) is 2.07. The van der Waals surface area contributed by atoms with Gasteiger partial charge in [-0.2, -0.15) is 0 Å². The first-order chi connectivity index (χ1) is 11.6. The van der Waals surface area contributed by atoms with E-state index in [1.54, 1.807) is 10.9 Å². The number of ether oxygens (including phenoxy) is 2. The minimum atomic E-state index is -0.510. The fourth-order valence-corrected chi connectivity index (χ4v) is 2.07. The number of benzene rings is 1. The molecule has 24 heavy (non-hydrogen) atoms. The molecule has 0 radical (unpaired) electrons. The standard InChI is InChI=1S/C16H18N2O4.C2H6/c1-12(13-6-4-3-5-7-13)18-11-17-10-14(18)16(20)22-9-8-15(19)21-2;1-2/h3-7,10-12H,8-9H2,1-2H3;1-2H3/t12-;/m1./s1. The summed E-state index contributed by atoms with van der Waals surface area (Å²) in [6, 6.07) is 9.74. The normalized spacial score (nSPS) is 11.0. The molecule has 2 rings (SSSR count). The molecule has 130 valence electrons. The van der Waals surface area contributed by atoms with Crippen LogP contribution in [0.3, 0.4) is 0 Å². The van der Waals surface area contributed by atoms with Crippen LogP contribution in [-0.4, -0.2) is 35.2 Å². The van der Waals surface area contributed by atoms with Crippen LogP contribution >= 0.6 is 0 Å². The first-order valence-corrected chi connectivity index (χ1v) is 7.94. The molecule has 1 aromatic carbocycles. The van der Waals surface area contributed by atoms with Crippen LogP contribution in [0.1, 0.15) is 49.3 Å². The average molecular weight is 332 g/mol. The number of carbonyl (C=O) groups excluding carboxylic acids is 2. The summed E-state index contributed by atoms with van der Waals surface area (Å²) >= 11 is 0. The van der Waals surface area contributed by atoms with Gasteiger partial charge in [0, 0.05) is 0 Å². The zero-order valence-corrected chi connectivity index (χ0v) is 14.6. The quantitative estimate of drug-likeness (QED) is 0.760. The molecule has 0 aliphatic heterocycles. The summed E-state index contributed by atoms with van der Waals surface area (Å²) in [5.41, 5.74) is 1.41. The Labute approximate surface area is 142 Å². The van der Waals surface area contributed by atoms with Crippen molar-refractivity contribution in [2.75, 3.05) is 13.7 Å². The molecule has 1 aromatic heterocycles. The van der Waals surface area contributed by atoms with Gasteiger partial charge in [0.25, 0.3) is 0 Å². The second-order valence-corrected chi connectivity index (χ2v) is 4.73. The number of rotatable bonds is 6. The number of carbonyl (C=O) groups is 2. The van der Waals surface area contributed by atoms with Crippen molar-refractivity contribution < 1.29 is 19.1 Å². The molecule has 0 unspecified atom stereocenters. The summed E-state index contributed by atoms with van der Waals surface area (Å²) < 4.78 is 11.3. The van der Waals surface area contributed by atoms with Crippen LogP contribution in [0.5, 0.6) is 0 Å². The predicted molar refractivity (Wildman–Crippen MR) is 90.7 cm³/mol. The van der Waals surface area contributed by atoms with Crippen LogP contribution in [0.25, 0.3) is 0 Å². The minimum Gasteiger partial charge on any atom is -0.469 e. The minimum absolute atomic E-state index is 0.0175. The molecule has 0 saturated carbocycles. The van der Waals surface area contributed by atoms with Crippen LogP contribution in [0.15, 0.2) is 42.9 Å². The second kappa shape index (κ2) is 10.2. The van der Waals surface area contributed by atoms with E-state index in [1.165, 1.54) is 13.3 Å². The van der Waals surface area contributed by atoms with Gasteiger partial charge in [-0.05, 0) is 12.5 Å². The van der Waals surface area contributed by atoms with Crippen LogP contribution in [0, 0.1) is 0 Å². The molecule has 2 aromatic rings. The number of imidazole rings is 1. The molecule has 0 aliphatic carbocycles. The first kappa shape index (κ1) is 19.4. The molecule has 0 N–H and O–H groups in total. The Balaban J connectivity index is 0.00000139. The SMILES string of the molecule is CC.COC(=O)CCOC(=O)c1cncn1[C@H](C)c1ccccc1. The molecule has 6 nitrogen and oxygen atoms in total. The maximum atomic E-state index is 12.1. The van der Waals surface area contributed by atoms with Gasteiger partial charge < -0.3 is 14.0 Å². The second-order valence-electron chi connectivity index (χ2n) is 4.73. The Morgan fingerprint density at radius 3 is 2.50 bits per heavy atom. The van der Waals surface area contributed by atoms with Crippen LogP contribution < -0.4 is 0 Å². The highest BCUT2D eigenvalue weighted by atomic mass is 16.5. The lowest BCUT2D eigenvalue weighted by molar-refractivity contribution is -0.141. The van der Waals surface area contributed by atoms with E-state index in [-0.39, 0.29) is 19.1 Å². The summed E-state index contributed by atoms with van der Waals surface area (Å²) in [4.78, 5) is 27.1. The molecular formula is C18H24N2O4. The van der Waals surface area contributed by atoms with Crippen molar-refractivity contribution in [2.24, 2.45) is 0 Å². The number of methoxy groups -OCH3 is 1. The van der Waals surface area contributed by atoms with Gasteiger partial charge >= 0.3 is 11.9 Å². The van der Waals surface area contributed by atoms with Gasteiger partial charge in [0.15, 0.2) is 0 Å². The third-order valence-electron chi connectivity index (χ3n) is 3.34. The lowest BCUT2D eigenvalue weighted by Gasteiger charge is -2.16. The number of esters is 2. The monoisotopic (exact) mass is 332 g/mol. The van der Waals surface area contributed by atoms with E-state index in [9.17, 15) is 9.59 Å². The summed E-state index contributed by atoms with van der Waals surface area (Å²) in [7, 11) is 1.29. The van der Waals surface area contributed by atoms with Crippen molar-refractivity contribution in [3.63, 3.8) is 0 Å². The fraction of sp³-hybridized carbons (Fsp3) is 0.389. The Morgan fingerprint density at radius 2 is 1.88 bits per heavy atom. The molecule has 0 amide bonds. The van der Waals surface area contributed by atoms with Gasteiger partial charge in [0.1, 0.15) is 12.3 Å². The topological polar surface area (TPSA) is 70.4 Å². The van der Waals surface area contributed by atoms with E-state index in [4.69, 9.17) is 4.74 Å². The highest BCUT2D eigenvalue weighted by Crippen LogP contribution is 2.19. The summed E-state index contributed by atoms with van der Waals surface area (Å²) in [6.45, 7) is 5.96. The lowest BCUT2D eigenvalue weighted by Crippen LogP contribution is -2.17. The molecule has 6 heteroatoms. The molecule has 0 saturated heterocycles. The summed E-state index contributed by atoms with van der Waals surface area (Å²) in [5.74, 6) is -0.928. The van der Waals surface area contributed by atoms with Crippen molar-refractivity contribution >= 4 is 11.9 Å². The highest BCUT2D eigenvalue weighted by Gasteiger charge is 2.18. The highest BCUT2D eigenvalue weighted by molar-refractivity contribution is 5.87. The van der Waals surface area contributed by atoms with Crippen LogP contribution in [0.2, 0.25) is 0 Å². The molecule has 1 heterocycles. The lowest BCUT2D eigenvalue weighted by atomic mass is 10.1. The molecule has 1 atom stereocenters. The Morgan fingerprint density at radius 1 is 1.21 bits per heavy atom. The Kier molecular flexibility index (Phi) is 8.25.